The van der Waals surface area contributed by atoms with Crippen molar-refractivity contribution in [2.24, 2.45) is 4.99 Å². The molecule has 0 saturated carbocycles. The van der Waals surface area contributed by atoms with E-state index in [1.54, 1.807) is 6.20 Å². The zero-order valence-corrected chi connectivity index (χ0v) is 18.3. The molecule has 1 aromatic carbocycles. The van der Waals surface area contributed by atoms with Crippen molar-refractivity contribution in [3.8, 4) is 0 Å². The van der Waals surface area contributed by atoms with Crippen molar-refractivity contribution in [1.82, 2.24) is 15.2 Å². The molecule has 2 aliphatic heterocycles. The Kier molecular flexibility index (Phi) is 6.99. The average molecular weight is 456 g/mol. The Bertz CT molecular complexity index is 1050. The van der Waals surface area contributed by atoms with Gasteiger partial charge in [-0.2, -0.15) is 0 Å². The molecule has 0 amide bonds. The van der Waals surface area contributed by atoms with Gasteiger partial charge in [0.15, 0.2) is 10.8 Å². The molecule has 2 N–H and O–H groups in total. The number of halogens is 1. The van der Waals surface area contributed by atoms with E-state index in [1.807, 2.05) is 10.3 Å². The zero-order chi connectivity index (χ0) is 22.7. The van der Waals surface area contributed by atoms with Gasteiger partial charge in [0.25, 0.3) is 0 Å². The lowest BCUT2D eigenvalue weighted by atomic mass is 9.83. The first kappa shape index (κ1) is 22.6. The summed E-state index contributed by atoms with van der Waals surface area (Å²) >= 11 is 1.39. The number of methoxy groups -OCH3 is 1. The number of ether oxygens (including phenoxy) is 2. The van der Waals surface area contributed by atoms with Gasteiger partial charge in [-0.05, 0) is 17.7 Å². The molecule has 1 saturated heterocycles. The molecule has 0 spiro atoms. The highest BCUT2D eigenvalue weighted by Gasteiger charge is 2.35. The fourth-order valence-electron chi connectivity index (χ4n) is 3.81. The van der Waals surface area contributed by atoms with Crippen molar-refractivity contribution in [3.05, 3.63) is 57.4 Å². The number of esters is 1. The normalized spacial score (nSPS) is 21.8. The molecule has 3 heterocycles. The van der Waals surface area contributed by atoms with Gasteiger partial charge in [-0.1, -0.05) is 11.5 Å². The third kappa shape index (κ3) is 4.61. The van der Waals surface area contributed by atoms with E-state index in [-0.39, 0.29) is 23.7 Å². The zero-order valence-electron chi connectivity index (χ0n) is 17.5. The summed E-state index contributed by atoms with van der Waals surface area (Å²) in [7, 11) is 7.41. The van der Waals surface area contributed by atoms with Gasteiger partial charge in [0, 0.05) is 30.4 Å². The van der Waals surface area contributed by atoms with E-state index in [9.17, 15) is 14.3 Å². The largest absolute Gasteiger partial charge is 0.466 e. The summed E-state index contributed by atoms with van der Waals surface area (Å²) in [5.41, 5.74) is 1.50. The number of carbonyl (C=O) groups excluding carboxylic acids is 1. The first-order valence-corrected chi connectivity index (χ1v) is 10.9. The van der Waals surface area contributed by atoms with Crippen molar-refractivity contribution in [2.75, 3.05) is 40.0 Å². The summed E-state index contributed by atoms with van der Waals surface area (Å²) in [5, 5.41) is 15.5. The molecule has 2 radical (unpaired) electrons. The highest BCUT2D eigenvalue weighted by atomic mass is 32.1. The van der Waals surface area contributed by atoms with E-state index in [0.29, 0.717) is 48.4 Å². The number of rotatable bonds is 6. The van der Waals surface area contributed by atoms with Crippen molar-refractivity contribution < 1.29 is 23.8 Å². The van der Waals surface area contributed by atoms with Crippen molar-refractivity contribution in [3.63, 3.8) is 0 Å². The number of thiazole rings is 1. The Labute approximate surface area is 190 Å². The number of aliphatic hydroxyl groups is 1. The van der Waals surface area contributed by atoms with Crippen LogP contribution in [0.25, 0.3) is 0 Å². The lowest BCUT2D eigenvalue weighted by molar-refractivity contribution is -0.136. The topological polar surface area (TPSA) is 96.3 Å². The van der Waals surface area contributed by atoms with Crippen molar-refractivity contribution >= 4 is 36.5 Å². The Morgan fingerprint density at radius 2 is 2.34 bits per heavy atom. The van der Waals surface area contributed by atoms with Crippen LogP contribution in [0.2, 0.25) is 0 Å². The minimum atomic E-state index is -0.813. The monoisotopic (exact) mass is 456 g/mol. The molecule has 0 aliphatic carbocycles. The lowest BCUT2D eigenvalue weighted by Gasteiger charge is -2.37. The second-order valence-electron chi connectivity index (χ2n) is 7.38. The van der Waals surface area contributed by atoms with Crippen LogP contribution in [0.3, 0.4) is 0 Å². The predicted octanol–water partition coefficient (Wildman–Crippen LogP) is 0.287. The van der Waals surface area contributed by atoms with Gasteiger partial charge in [-0.15, -0.1) is 11.3 Å². The van der Waals surface area contributed by atoms with Crippen LogP contribution in [0.5, 0.6) is 0 Å². The standard InChI is InChI=1S/C21H22BFN4O4S/c1-30-21(29)17-16(9-27-5-6-31-11-13(27)10-28)25-19(20-24-4-7-32-20)26-18(17)14-3-2-12(23)8-15(14)22/h2-4,7-8,13,18,28H,5-6,9-11H2,1H3,(H,25,26). The molecule has 8 nitrogen and oxygen atoms in total. The molecule has 1 fully saturated rings. The Balaban J connectivity index is 1.82. The third-order valence-corrected chi connectivity index (χ3v) is 6.21. The van der Waals surface area contributed by atoms with Gasteiger partial charge in [-0.3, -0.25) is 9.89 Å². The minimum Gasteiger partial charge on any atom is -0.466 e. The lowest BCUT2D eigenvalue weighted by Crippen LogP contribution is -2.50. The fraction of sp³-hybridized carbons (Fsp3) is 0.381. The molecule has 2 aliphatic rings. The molecule has 2 aromatic rings. The molecule has 0 bridgehead atoms. The fourth-order valence-corrected chi connectivity index (χ4v) is 4.40. The van der Waals surface area contributed by atoms with Gasteiger partial charge < -0.3 is 19.9 Å². The smallest absolute Gasteiger partial charge is 0.338 e. The Morgan fingerprint density at radius 1 is 1.50 bits per heavy atom. The van der Waals surface area contributed by atoms with E-state index >= 15 is 0 Å². The number of aliphatic hydroxyl groups excluding tert-OH is 1. The second kappa shape index (κ2) is 9.91. The highest BCUT2D eigenvalue weighted by Crippen LogP contribution is 2.32. The van der Waals surface area contributed by atoms with Crippen LogP contribution in [0.1, 0.15) is 16.6 Å². The molecule has 11 heteroatoms. The maximum absolute atomic E-state index is 13.7. The molecular weight excluding hydrogens is 434 g/mol. The van der Waals surface area contributed by atoms with Crippen LogP contribution in [0.4, 0.5) is 4.39 Å². The summed E-state index contributed by atoms with van der Waals surface area (Å²) in [6.07, 6.45) is 1.66. The Morgan fingerprint density at radius 3 is 3.03 bits per heavy atom. The number of amidine groups is 1. The maximum Gasteiger partial charge on any atom is 0.338 e. The van der Waals surface area contributed by atoms with Gasteiger partial charge in [-0.25, -0.2) is 14.2 Å². The summed E-state index contributed by atoms with van der Waals surface area (Å²) < 4.78 is 24.3. The van der Waals surface area contributed by atoms with E-state index < -0.39 is 17.8 Å². The van der Waals surface area contributed by atoms with Crippen LogP contribution in [-0.4, -0.2) is 80.7 Å². The average Bonchev–Trinajstić information content (AvgIpc) is 3.33. The van der Waals surface area contributed by atoms with Crippen molar-refractivity contribution in [2.45, 2.75) is 12.1 Å². The van der Waals surface area contributed by atoms with E-state index in [0.717, 1.165) is 0 Å². The molecule has 4 rings (SSSR count). The first-order valence-electron chi connectivity index (χ1n) is 10.1. The van der Waals surface area contributed by atoms with Crippen LogP contribution in [-0.2, 0) is 14.3 Å². The molecule has 32 heavy (non-hydrogen) atoms. The number of nitrogens with one attached hydrogen (secondary N) is 1. The summed E-state index contributed by atoms with van der Waals surface area (Å²) in [6, 6.07) is 2.98. The van der Waals surface area contributed by atoms with Crippen LogP contribution in [0, 0.1) is 5.82 Å². The predicted molar refractivity (Wildman–Crippen MR) is 119 cm³/mol. The number of nitrogens with zero attached hydrogens (tertiary/aromatic N) is 3. The van der Waals surface area contributed by atoms with Gasteiger partial charge in [0.05, 0.1) is 38.5 Å². The first-order chi connectivity index (χ1) is 15.5. The Hall–Kier alpha value is -2.60. The maximum atomic E-state index is 13.7. The molecule has 166 valence electrons. The minimum absolute atomic E-state index is 0.0808. The number of morpholine rings is 1. The van der Waals surface area contributed by atoms with Crippen LogP contribution >= 0.6 is 11.3 Å². The number of carbonyl (C=O) groups is 1. The summed E-state index contributed by atoms with van der Waals surface area (Å²) in [5.74, 6) is -0.575. The molecule has 1 aromatic heterocycles. The van der Waals surface area contributed by atoms with E-state index in [2.05, 4.69) is 10.3 Å². The number of aromatic nitrogens is 1. The molecule has 2 unspecified atom stereocenters. The molecule has 2 atom stereocenters. The highest BCUT2D eigenvalue weighted by molar-refractivity contribution is 7.11. The van der Waals surface area contributed by atoms with Crippen molar-refractivity contribution in [1.29, 1.82) is 0 Å². The quantitative estimate of drug-likeness (QED) is 0.477. The van der Waals surface area contributed by atoms with Crippen LogP contribution in [0.15, 0.2) is 46.0 Å². The number of benzene rings is 1. The number of hydrogen-bond acceptors (Lipinski definition) is 9. The number of aliphatic imine (C=N–C) groups is 1. The number of hydrogen-bond donors (Lipinski definition) is 2. The third-order valence-electron chi connectivity index (χ3n) is 5.43. The summed E-state index contributed by atoms with van der Waals surface area (Å²) in [4.78, 5) is 24.0. The van der Waals surface area contributed by atoms with Gasteiger partial charge in [0.2, 0.25) is 0 Å². The van der Waals surface area contributed by atoms with Gasteiger partial charge in [0.1, 0.15) is 19.7 Å². The van der Waals surface area contributed by atoms with E-state index in [1.165, 1.54) is 36.6 Å². The van der Waals surface area contributed by atoms with Crippen LogP contribution < -0.4 is 10.8 Å². The second-order valence-corrected chi connectivity index (χ2v) is 8.28. The SMILES string of the molecule is [B]c1cc(F)ccc1C1N=C(c2nccs2)NC(CN2CCOCC2CO)=C1C(=O)OC. The molecular formula is C21H22BFN4O4S. The van der Waals surface area contributed by atoms with E-state index in [4.69, 9.17) is 22.3 Å². The van der Waals surface area contributed by atoms with Gasteiger partial charge >= 0.3 is 5.97 Å². The summed E-state index contributed by atoms with van der Waals surface area (Å²) in [6.45, 7) is 1.72.